The summed E-state index contributed by atoms with van der Waals surface area (Å²) in [5, 5.41) is 6.14. The number of hydrogen-bond donors (Lipinski definition) is 2. The van der Waals surface area contributed by atoms with Crippen LogP contribution in [-0.2, 0) is 0 Å². The summed E-state index contributed by atoms with van der Waals surface area (Å²) in [6.45, 7) is 1.68. The number of aryl methyl sites for hydroxylation is 1. The van der Waals surface area contributed by atoms with Crippen LogP contribution in [0.15, 0.2) is 34.9 Å². The number of nitrogens with zero attached hydrogens (tertiary/aromatic N) is 1. The fraction of sp³-hybridized carbons (Fsp3) is 0.0833. The fourth-order valence-corrected chi connectivity index (χ4v) is 1.47. The van der Waals surface area contributed by atoms with E-state index in [4.69, 9.17) is 10.3 Å². The van der Waals surface area contributed by atoms with Gasteiger partial charge in [0.2, 0.25) is 0 Å². The first-order valence-corrected chi connectivity index (χ1v) is 5.21. The van der Waals surface area contributed by atoms with Crippen LogP contribution < -0.4 is 11.1 Å². The molecule has 0 atom stereocenters. The number of anilines is 1. The number of rotatable bonds is 3. The summed E-state index contributed by atoms with van der Waals surface area (Å²) in [7, 11) is 0. The molecular weight excluding hydrogens is 234 g/mol. The van der Waals surface area contributed by atoms with Crippen LogP contribution in [0.5, 0.6) is 0 Å². The third-order valence-corrected chi connectivity index (χ3v) is 2.30. The minimum Gasteiger partial charge on any atom is -0.366 e. The molecule has 0 bridgehead atoms. The normalized spacial score (nSPS) is 10.1. The van der Waals surface area contributed by atoms with Crippen molar-refractivity contribution in [1.29, 1.82) is 0 Å². The maximum Gasteiger partial charge on any atom is 0.277 e. The smallest absolute Gasteiger partial charge is 0.277 e. The van der Waals surface area contributed by atoms with Gasteiger partial charge in [0, 0.05) is 6.07 Å². The summed E-state index contributed by atoms with van der Waals surface area (Å²) in [6, 6.07) is 7.98. The number of benzene rings is 1. The van der Waals surface area contributed by atoms with Crippen LogP contribution in [0, 0.1) is 6.92 Å². The Bertz CT molecular complexity index is 604. The summed E-state index contributed by atoms with van der Waals surface area (Å²) < 4.78 is 4.80. The molecule has 3 N–H and O–H groups in total. The molecule has 0 fully saturated rings. The van der Waals surface area contributed by atoms with Crippen molar-refractivity contribution in [2.45, 2.75) is 6.92 Å². The molecule has 2 amide bonds. The third-order valence-electron chi connectivity index (χ3n) is 2.30. The van der Waals surface area contributed by atoms with E-state index in [9.17, 15) is 9.59 Å². The van der Waals surface area contributed by atoms with Crippen LogP contribution in [0.1, 0.15) is 26.6 Å². The van der Waals surface area contributed by atoms with Crippen LogP contribution >= 0.6 is 0 Å². The number of aromatic nitrogens is 1. The number of amides is 2. The largest absolute Gasteiger partial charge is 0.366 e. The summed E-state index contributed by atoms with van der Waals surface area (Å²) in [5.74, 6) is -0.536. The second kappa shape index (κ2) is 4.70. The molecule has 0 radical (unpaired) electrons. The number of hydrogen-bond acceptors (Lipinski definition) is 4. The zero-order valence-corrected chi connectivity index (χ0v) is 9.64. The Kier molecular flexibility index (Phi) is 3.09. The topological polar surface area (TPSA) is 98.2 Å². The van der Waals surface area contributed by atoms with E-state index in [2.05, 4.69) is 10.5 Å². The summed E-state index contributed by atoms with van der Waals surface area (Å²) in [4.78, 5) is 23.0. The van der Waals surface area contributed by atoms with Crippen LogP contribution in [0.2, 0.25) is 0 Å². The first kappa shape index (κ1) is 11.8. The maximum absolute atomic E-state index is 11.8. The molecule has 2 aromatic rings. The van der Waals surface area contributed by atoms with Gasteiger partial charge in [-0.2, -0.15) is 0 Å². The molecule has 0 unspecified atom stereocenters. The minimum atomic E-state index is -0.609. The summed E-state index contributed by atoms with van der Waals surface area (Å²) >= 11 is 0. The Labute approximate surface area is 103 Å². The van der Waals surface area contributed by atoms with Gasteiger partial charge in [0.05, 0.1) is 11.3 Å². The summed E-state index contributed by atoms with van der Waals surface area (Å²) in [6.07, 6.45) is 0. The van der Waals surface area contributed by atoms with Gasteiger partial charge < -0.3 is 15.6 Å². The molecule has 0 aliphatic heterocycles. The molecule has 0 aliphatic rings. The van der Waals surface area contributed by atoms with Gasteiger partial charge in [-0.3, -0.25) is 9.59 Å². The Morgan fingerprint density at radius 2 is 2.06 bits per heavy atom. The van der Waals surface area contributed by atoms with E-state index in [0.717, 1.165) is 0 Å². The van der Waals surface area contributed by atoms with E-state index in [-0.39, 0.29) is 11.3 Å². The van der Waals surface area contributed by atoms with E-state index in [1.54, 1.807) is 25.1 Å². The molecule has 0 aliphatic carbocycles. The molecule has 1 aromatic heterocycles. The molecule has 0 saturated carbocycles. The Morgan fingerprint density at radius 1 is 1.33 bits per heavy atom. The highest BCUT2D eigenvalue weighted by molar-refractivity contribution is 6.07. The standard InChI is InChI=1S/C12H11N3O3/c1-7-6-10(15-18-7)12(17)14-9-5-3-2-4-8(9)11(13)16/h2-6H,1H3,(H2,13,16)(H,14,17). The van der Waals surface area contributed by atoms with Crippen LogP contribution in [0.4, 0.5) is 5.69 Å². The van der Waals surface area contributed by atoms with Crippen molar-refractivity contribution < 1.29 is 14.1 Å². The van der Waals surface area contributed by atoms with Gasteiger partial charge in [-0.05, 0) is 19.1 Å². The molecule has 92 valence electrons. The number of carbonyl (C=O) groups excluding carboxylic acids is 2. The maximum atomic E-state index is 11.8. The average molecular weight is 245 g/mol. The van der Waals surface area contributed by atoms with Crippen molar-refractivity contribution in [2.75, 3.05) is 5.32 Å². The van der Waals surface area contributed by atoms with Crippen LogP contribution in [0.25, 0.3) is 0 Å². The second-order valence-corrected chi connectivity index (χ2v) is 3.69. The zero-order chi connectivity index (χ0) is 13.1. The Morgan fingerprint density at radius 3 is 2.67 bits per heavy atom. The van der Waals surface area contributed by atoms with Crippen molar-refractivity contribution in [3.8, 4) is 0 Å². The molecule has 0 spiro atoms. The first-order valence-electron chi connectivity index (χ1n) is 5.21. The molecule has 18 heavy (non-hydrogen) atoms. The monoisotopic (exact) mass is 245 g/mol. The zero-order valence-electron chi connectivity index (χ0n) is 9.64. The molecule has 1 heterocycles. The van der Waals surface area contributed by atoms with Gasteiger partial charge in [0.15, 0.2) is 5.69 Å². The highest BCUT2D eigenvalue weighted by atomic mass is 16.5. The van der Waals surface area contributed by atoms with Gasteiger partial charge in [-0.15, -0.1) is 0 Å². The minimum absolute atomic E-state index is 0.145. The molecule has 1 aromatic carbocycles. The van der Waals surface area contributed by atoms with Gasteiger partial charge in [-0.25, -0.2) is 0 Å². The SMILES string of the molecule is Cc1cc(C(=O)Nc2ccccc2C(N)=O)no1. The average Bonchev–Trinajstić information content (AvgIpc) is 2.76. The number of nitrogens with two attached hydrogens (primary N) is 1. The first-order chi connectivity index (χ1) is 8.58. The van der Waals surface area contributed by atoms with E-state index in [1.807, 2.05) is 0 Å². The highest BCUT2D eigenvalue weighted by Crippen LogP contribution is 2.15. The number of carbonyl (C=O) groups is 2. The van der Waals surface area contributed by atoms with Crippen molar-refractivity contribution >= 4 is 17.5 Å². The lowest BCUT2D eigenvalue weighted by molar-refractivity contribution is 0.100. The van der Waals surface area contributed by atoms with Gasteiger partial charge >= 0.3 is 0 Å². The van der Waals surface area contributed by atoms with Crippen LogP contribution in [-0.4, -0.2) is 17.0 Å². The summed E-state index contributed by atoms with van der Waals surface area (Å²) in [5.41, 5.74) is 5.94. The van der Waals surface area contributed by atoms with E-state index < -0.39 is 11.8 Å². The van der Waals surface area contributed by atoms with Gasteiger partial charge in [0.25, 0.3) is 11.8 Å². The molecular formula is C12H11N3O3. The van der Waals surface area contributed by atoms with Gasteiger partial charge in [0.1, 0.15) is 5.76 Å². The van der Waals surface area contributed by atoms with Crippen molar-refractivity contribution in [1.82, 2.24) is 5.16 Å². The van der Waals surface area contributed by atoms with Crippen molar-refractivity contribution in [3.05, 3.63) is 47.3 Å². The molecule has 0 saturated heterocycles. The number of para-hydroxylation sites is 1. The molecule has 2 rings (SSSR count). The highest BCUT2D eigenvalue weighted by Gasteiger charge is 2.14. The second-order valence-electron chi connectivity index (χ2n) is 3.69. The number of nitrogens with one attached hydrogen (secondary N) is 1. The lowest BCUT2D eigenvalue weighted by Crippen LogP contribution is -2.18. The van der Waals surface area contributed by atoms with E-state index >= 15 is 0 Å². The van der Waals surface area contributed by atoms with Crippen molar-refractivity contribution in [3.63, 3.8) is 0 Å². The predicted octanol–water partition coefficient (Wildman–Crippen LogP) is 1.33. The quantitative estimate of drug-likeness (QED) is 0.852. The Balaban J connectivity index is 2.24. The fourth-order valence-electron chi connectivity index (χ4n) is 1.47. The van der Waals surface area contributed by atoms with Crippen LogP contribution in [0.3, 0.4) is 0 Å². The van der Waals surface area contributed by atoms with E-state index in [1.165, 1.54) is 12.1 Å². The van der Waals surface area contributed by atoms with Crippen molar-refractivity contribution in [2.24, 2.45) is 5.73 Å². The van der Waals surface area contributed by atoms with E-state index in [0.29, 0.717) is 11.4 Å². The van der Waals surface area contributed by atoms with Gasteiger partial charge in [-0.1, -0.05) is 17.3 Å². The molecule has 6 nitrogen and oxygen atoms in total. The Hall–Kier alpha value is -2.63. The lowest BCUT2D eigenvalue weighted by atomic mass is 10.1. The predicted molar refractivity (Wildman–Crippen MR) is 64.2 cm³/mol. The lowest BCUT2D eigenvalue weighted by Gasteiger charge is -2.06. The third kappa shape index (κ3) is 2.37. The number of primary amides is 1. The molecule has 6 heteroatoms.